The lowest BCUT2D eigenvalue weighted by atomic mass is 9.95. The maximum absolute atomic E-state index is 13.2. The predicted octanol–water partition coefficient (Wildman–Crippen LogP) is 5.81. The number of Topliss-reactive ketones (excluding diaryl/α,β-unsaturated/α-hetero) is 1. The fourth-order valence-corrected chi connectivity index (χ4v) is 4.55. The van der Waals surface area contributed by atoms with Crippen LogP contribution < -0.4 is 4.74 Å². The van der Waals surface area contributed by atoms with Gasteiger partial charge in [0.2, 0.25) is 0 Å². The molecule has 0 aromatic heterocycles. The maximum Gasteiger partial charge on any atom is 0.295 e. The van der Waals surface area contributed by atoms with Gasteiger partial charge in [0, 0.05) is 18.7 Å². The molecule has 9 heteroatoms. The summed E-state index contributed by atoms with van der Waals surface area (Å²) in [7, 11) is 0. The second-order valence-electron chi connectivity index (χ2n) is 7.77. The Morgan fingerprint density at radius 2 is 1.71 bits per heavy atom. The van der Waals surface area contributed by atoms with E-state index >= 15 is 0 Å². The summed E-state index contributed by atoms with van der Waals surface area (Å²) >= 11 is 18.7. The molecular formula is C25H27Cl3N2O4. The van der Waals surface area contributed by atoms with Crippen LogP contribution in [0.5, 0.6) is 5.75 Å². The second-order valence-corrected chi connectivity index (χ2v) is 8.99. The fraction of sp³-hybridized carbons (Fsp3) is 0.360. The van der Waals surface area contributed by atoms with Gasteiger partial charge in [0.1, 0.15) is 11.5 Å². The lowest BCUT2D eigenvalue weighted by Crippen LogP contribution is -2.38. The highest BCUT2D eigenvalue weighted by molar-refractivity contribution is 6.47. The Labute approximate surface area is 214 Å². The number of aliphatic hydroxyl groups is 1. The number of nitrogens with zero attached hydrogens (tertiary/aromatic N) is 2. The van der Waals surface area contributed by atoms with Crippen molar-refractivity contribution in [3.05, 3.63) is 68.2 Å². The molecule has 1 amide bonds. The molecule has 1 heterocycles. The van der Waals surface area contributed by atoms with Crippen LogP contribution in [0.2, 0.25) is 15.1 Å². The van der Waals surface area contributed by atoms with Crippen molar-refractivity contribution >= 4 is 52.3 Å². The fourth-order valence-electron chi connectivity index (χ4n) is 4.00. The summed E-state index contributed by atoms with van der Waals surface area (Å²) in [5, 5.41) is 12.1. The van der Waals surface area contributed by atoms with E-state index in [9.17, 15) is 14.7 Å². The highest BCUT2D eigenvalue weighted by Gasteiger charge is 2.46. The molecule has 182 valence electrons. The van der Waals surface area contributed by atoms with E-state index in [1.54, 1.807) is 30.3 Å². The van der Waals surface area contributed by atoms with Crippen molar-refractivity contribution in [3.63, 3.8) is 0 Å². The molecule has 1 aliphatic rings. The smallest absolute Gasteiger partial charge is 0.295 e. The first-order valence-electron chi connectivity index (χ1n) is 11.1. The van der Waals surface area contributed by atoms with Gasteiger partial charge >= 0.3 is 0 Å². The number of benzene rings is 2. The zero-order valence-electron chi connectivity index (χ0n) is 19.3. The van der Waals surface area contributed by atoms with Gasteiger partial charge in [0.05, 0.1) is 33.3 Å². The van der Waals surface area contributed by atoms with Gasteiger partial charge < -0.3 is 19.6 Å². The summed E-state index contributed by atoms with van der Waals surface area (Å²) in [6.07, 6.45) is 0. The molecular weight excluding hydrogens is 499 g/mol. The highest BCUT2D eigenvalue weighted by Crippen LogP contribution is 2.41. The van der Waals surface area contributed by atoms with Gasteiger partial charge in [0.25, 0.3) is 11.7 Å². The lowest BCUT2D eigenvalue weighted by molar-refractivity contribution is -0.140. The summed E-state index contributed by atoms with van der Waals surface area (Å²) in [6, 6.07) is 8.83. The average Bonchev–Trinajstić information content (AvgIpc) is 3.07. The molecule has 3 rings (SSSR count). The van der Waals surface area contributed by atoms with Gasteiger partial charge in [-0.15, -0.1) is 0 Å². The number of rotatable bonds is 9. The zero-order chi connectivity index (χ0) is 25.0. The molecule has 0 spiro atoms. The Bertz CT molecular complexity index is 1120. The number of halogens is 3. The minimum absolute atomic E-state index is 0.0248. The van der Waals surface area contributed by atoms with E-state index in [2.05, 4.69) is 4.90 Å². The first-order chi connectivity index (χ1) is 16.2. The molecule has 1 saturated heterocycles. The third-order valence-electron chi connectivity index (χ3n) is 5.86. The summed E-state index contributed by atoms with van der Waals surface area (Å²) < 4.78 is 5.45. The first kappa shape index (κ1) is 26.4. The largest absolute Gasteiger partial charge is 0.507 e. The van der Waals surface area contributed by atoms with Crippen molar-refractivity contribution in [1.29, 1.82) is 0 Å². The summed E-state index contributed by atoms with van der Waals surface area (Å²) in [6.45, 7) is 8.82. The van der Waals surface area contributed by atoms with Crippen LogP contribution in [0.15, 0.2) is 42.0 Å². The van der Waals surface area contributed by atoms with Gasteiger partial charge in [0.15, 0.2) is 0 Å². The van der Waals surface area contributed by atoms with E-state index < -0.39 is 17.7 Å². The molecule has 1 unspecified atom stereocenters. The molecule has 0 aliphatic carbocycles. The lowest BCUT2D eigenvalue weighted by Gasteiger charge is -2.28. The van der Waals surface area contributed by atoms with E-state index in [0.717, 1.165) is 13.1 Å². The van der Waals surface area contributed by atoms with E-state index in [0.29, 0.717) is 41.6 Å². The molecule has 0 bridgehead atoms. The average molecular weight is 526 g/mol. The van der Waals surface area contributed by atoms with Crippen molar-refractivity contribution < 1.29 is 19.4 Å². The monoisotopic (exact) mass is 524 g/mol. The third-order valence-corrected chi connectivity index (χ3v) is 6.89. The number of hydrogen-bond donors (Lipinski definition) is 1. The van der Waals surface area contributed by atoms with Gasteiger partial charge in [-0.2, -0.15) is 0 Å². The topological polar surface area (TPSA) is 70.1 Å². The van der Waals surface area contributed by atoms with Gasteiger partial charge in [-0.1, -0.05) is 54.7 Å². The van der Waals surface area contributed by atoms with Crippen LogP contribution in [0.1, 0.15) is 37.9 Å². The number of likely N-dealkylation sites (tertiary alicyclic amines) is 1. The van der Waals surface area contributed by atoms with Crippen molar-refractivity contribution in [2.24, 2.45) is 0 Å². The number of amides is 1. The molecule has 0 saturated carbocycles. The number of hydrogen-bond acceptors (Lipinski definition) is 5. The maximum atomic E-state index is 13.2. The third kappa shape index (κ3) is 5.36. The molecule has 1 N–H and O–H groups in total. The van der Waals surface area contributed by atoms with Crippen LogP contribution in [-0.4, -0.2) is 59.4 Å². The first-order valence-corrected chi connectivity index (χ1v) is 12.2. The molecule has 1 aliphatic heterocycles. The van der Waals surface area contributed by atoms with E-state index in [4.69, 9.17) is 39.5 Å². The van der Waals surface area contributed by atoms with Gasteiger partial charge in [-0.3, -0.25) is 9.59 Å². The number of likely N-dealkylation sites (N-methyl/N-ethyl adjacent to an activating group) is 1. The zero-order valence-corrected chi connectivity index (χ0v) is 21.5. The Morgan fingerprint density at radius 1 is 1.00 bits per heavy atom. The van der Waals surface area contributed by atoms with Crippen LogP contribution >= 0.6 is 34.8 Å². The number of ether oxygens (including phenoxy) is 1. The van der Waals surface area contributed by atoms with Crippen LogP contribution in [0.4, 0.5) is 0 Å². The van der Waals surface area contributed by atoms with Crippen molar-refractivity contribution in [2.45, 2.75) is 26.8 Å². The number of carbonyl (C=O) groups excluding carboxylic acids is 2. The summed E-state index contributed by atoms with van der Waals surface area (Å²) in [5.41, 5.74) is 0.857. The number of carbonyl (C=O) groups is 2. The van der Waals surface area contributed by atoms with Crippen molar-refractivity contribution in [3.8, 4) is 5.75 Å². The standard InChI is InChI=1S/C25H27Cl3N2O4/c1-4-29(5-2)11-12-30-22(15-7-9-17(26)18(27)13-15)21(24(32)25(30)33)23(31)16-8-10-20(34-6-3)19(28)14-16/h7-10,13-14,22,31H,4-6,11-12H2,1-3H3/b23-21+. The number of ketones is 1. The van der Waals surface area contributed by atoms with Crippen LogP contribution in [0, 0.1) is 0 Å². The van der Waals surface area contributed by atoms with Crippen LogP contribution in [0.3, 0.4) is 0 Å². The highest BCUT2D eigenvalue weighted by atomic mass is 35.5. The SMILES string of the molecule is CCOc1ccc(/C(O)=C2\C(=O)C(=O)N(CCN(CC)CC)C2c2ccc(Cl)c(Cl)c2)cc1Cl. The Kier molecular flexibility index (Phi) is 8.88. The molecule has 6 nitrogen and oxygen atoms in total. The normalized spacial score (nSPS) is 17.6. The van der Waals surface area contributed by atoms with E-state index in [1.807, 2.05) is 20.8 Å². The Hall–Kier alpha value is -2.25. The van der Waals surface area contributed by atoms with E-state index in [-0.39, 0.29) is 21.4 Å². The predicted molar refractivity (Wildman–Crippen MR) is 136 cm³/mol. The molecule has 1 fully saturated rings. The molecule has 34 heavy (non-hydrogen) atoms. The van der Waals surface area contributed by atoms with Crippen LogP contribution in [-0.2, 0) is 9.59 Å². The minimum Gasteiger partial charge on any atom is -0.507 e. The molecule has 2 aromatic carbocycles. The van der Waals surface area contributed by atoms with Crippen molar-refractivity contribution in [1.82, 2.24) is 9.80 Å². The van der Waals surface area contributed by atoms with Crippen LogP contribution in [0.25, 0.3) is 5.76 Å². The minimum atomic E-state index is -0.823. The Balaban J connectivity index is 2.12. The molecule has 2 aromatic rings. The molecule has 1 atom stereocenters. The summed E-state index contributed by atoms with van der Waals surface area (Å²) in [4.78, 5) is 29.9. The second kappa shape index (κ2) is 11.5. The summed E-state index contributed by atoms with van der Waals surface area (Å²) in [5.74, 6) is -1.30. The van der Waals surface area contributed by atoms with E-state index in [1.165, 1.54) is 11.0 Å². The number of aliphatic hydroxyl groups excluding tert-OH is 1. The van der Waals surface area contributed by atoms with Gasteiger partial charge in [-0.05, 0) is 55.9 Å². The van der Waals surface area contributed by atoms with Gasteiger partial charge in [-0.25, -0.2) is 0 Å². The Morgan fingerprint density at radius 3 is 2.29 bits per heavy atom. The quantitative estimate of drug-likeness (QED) is 0.254. The van der Waals surface area contributed by atoms with Crippen molar-refractivity contribution in [2.75, 3.05) is 32.8 Å². The molecule has 0 radical (unpaired) electrons.